The van der Waals surface area contributed by atoms with Gasteiger partial charge in [-0.25, -0.2) is 4.98 Å². The lowest BCUT2D eigenvalue weighted by Gasteiger charge is -2.24. The van der Waals surface area contributed by atoms with E-state index in [4.69, 9.17) is 5.73 Å². The van der Waals surface area contributed by atoms with Gasteiger partial charge in [0, 0.05) is 18.0 Å². The zero-order chi connectivity index (χ0) is 10.8. The third-order valence-corrected chi connectivity index (χ3v) is 3.79. The molecule has 1 aromatic rings. The lowest BCUT2D eigenvalue weighted by molar-refractivity contribution is 0.244. The normalized spacial score (nSPS) is 27.4. The second-order valence-electron chi connectivity index (χ2n) is 4.22. The Morgan fingerprint density at radius 1 is 1.67 bits per heavy atom. The second-order valence-corrected chi connectivity index (χ2v) is 5.29. The van der Waals surface area contributed by atoms with Crippen LogP contribution in [0, 0.1) is 6.92 Å². The summed E-state index contributed by atoms with van der Waals surface area (Å²) in [6.07, 6.45) is 2.29. The van der Waals surface area contributed by atoms with E-state index in [0.29, 0.717) is 6.04 Å². The first kappa shape index (κ1) is 11.0. The summed E-state index contributed by atoms with van der Waals surface area (Å²) in [5.41, 5.74) is 7.34. The van der Waals surface area contributed by atoms with E-state index in [1.165, 1.54) is 12.1 Å². The van der Waals surface area contributed by atoms with Crippen LogP contribution in [0.1, 0.15) is 36.5 Å². The van der Waals surface area contributed by atoms with Gasteiger partial charge < -0.3 is 5.73 Å². The van der Waals surface area contributed by atoms with Crippen molar-refractivity contribution < 1.29 is 0 Å². The molecule has 1 saturated heterocycles. The van der Waals surface area contributed by atoms with E-state index in [9.17, 15) is 0 Å². The largest absolute Gasteiger partial charge is 0.326 e. The SMILES string of the molecule is CCCN1CCC(N)C1c1csc(C)n1. The average molecular weight is 225 g/mol. The third kappa shape index (κ3) is 2.22. The van der Waals surface area contributed by atoms with Gasteiger partial charge in [0.25, 0.3) is 0 Å². The molecule has 2 rings (SSSR count). The summed E-state index contributed by atoms with van der Waals surface area (Å²) >= 11 is 1.72. The summed E-state index contributed by atoms with van der Waals surface area (Å²) in [5.74, 6) is 0. The summed E-state index contributed by atoms with van der Waals surface area (Å²) in [4.78, 5) is 7.04. The number of likely N-dealkylation sites (tertiary alicyclic amines) is 1. The molecule has 0 radical (unpaired) electrons. The van der Waals surface area contributed by atoms with Gasteiger partial charge in [0.15, 0.2) is 0 Å². The summed E-state index contributed by atoms with van der Waals surface area (Å²) in [5, 5.41) is 3.30. The fraction of sp³-hybridized carbons (Fsp3) is 0.727. The van der Waals surface area contributed by atoms with E-state index in [0.717, 1.165) is 24.5 Å². The summed E-state index contributed by atoms with van der Waals surface area (Å²) in [6, 6.07) is 0.618. The van der Waals surface area contributed by atoms with Crippen LogP contribution >= 0.6 is 11.3 Å². The highest BCUT2D eigenvalue weighted by molar-refractivity contribution is 7.09. The van der Waals surface area contributed by atoms with Gasteiger partial charge in [0.2, 0.25) is 0 Å². The van der Waals surface area contributed by atoms with Crippen LogP contribution < -0.4 is 5.73 Å². The minimum absolute atomic E-state index is 0.262. The van der Waals surface area contributed by atoms with Gasteiger partial charge in [-0.1, -0.05) is 6.92 Å². The molecular formula is C11H19N3S. The molecule has 1 aliphatic heterocycles. The Morgan fingerprint density at radius 3 is 3.07 bits per heavy atom. The van der Waals surface area contributed by atoms with Crippen LogP contribution in [-0.2, 0) is 0 Å². The first-order chi connectivity index (χ1) is 7.22. The Balaban J connectivity index is 2.17. The van der Waals surface area contributed by atoms with Gasteiger partial charge in [-0.2, -0.15) is 0 Å². The van der Waals surface area contributed by atoms with E-state index in [2.05, 4.69) is 29.1 Å². The Kier molecular flexibility index (Phi) is 3.38. The standard InChI is InChI=1S/C11H19N3S/c1-3-5-14-6-4-9(12)11(14)10-7-15-8(2)13-10/h7,9,11H,3-6,12H2,1-2H3. The molecular weight excluding hydrogens is 206 g/mol. The Morgan fingerprint density at radius 2 is 2.47 bits per heavy atom. The van der Waals surface area contributed by atoms with Gasteiger partial charge in [-0.3, -0.25) is 4.90 Å². The minimum Gasteiger partial charge on any atom is -0.326 e. The summed E-state index contributed by atoms with van der Waals surface area (Å²) in [6.45, 7) is 6.52. The highest BCUT2D eigenvalue weighted by Crippen LogP contribution is 2.31. The Labute approximate surface area is 95.3 Å². The molecule has 0 amide bonds. The number of rotatable bonds is 3. The molecule has 0 aromatic carbocycles. The minimum atomic E-state index is 0.262. The highest BCUT2D eigenvalue weighted by Gasteiger charge is 2.33. The first-order valence-electron chi connectivity index (χ1n) is 5.64. The fourth-order valence-corrected chi connectivity index (χ4v) is 2.98. The van der Waals surface area contributed by atoms with Crippen LogP contribution in [0.15, 0.2) is 5.38 Å². The predicted molar refractivity (Wildman–Crippen MR) is 64.0 cm³/mol. The van der Waals surface area contributed by atoms with Crippen molar-refractivity contribution in [1.82, 2.24) is 9.88 Å². The van der Waals surface area contributed by atoms with Gasteiger partial charge >= 0.3 is 0 Å². The van der Waals surface area contributed by atoms with Gasteiger partial charge in [-0.05, 0) is 26.3 Å². The molecule has 1 fully saturated rings. The molecule has 2 atom stereocenters. The maximum Gasteiger partial charge on any atom is 0.0898 e. The molecule has 0 spiro atoms. The topological polar surface area (TPSA) is 42.1 Å². The maximum absolute atomic E-state index is 6.16. The van der Waals surface area contributed by atoms with Gasteiger partial charge in [0.05, 0.1) is 16.7 Å². The van der Waals surface area contributed by atoms with Crippen molar-refractivity contribution in [3.8, 4) is 0 Å². The van der Waals surface area contributed by atoms with Crippen LogP contribution in [0.25, 0.3) is 0 Å². The van der Waals surface area contributed by atoms with Gasteiger partial charge in [-0.15, -0.1) is 11.3 Å². The fourth-order valence-electron chi connectivity index (χ4n) is 2.34. The van der Waals surface area contributed by atoms with Crippen LogP contribution in [0.4, 0.5) is 0 Å². The van der Waals surface area contributed by atoms with Crippen LogP contribution in [-0.4, -0.2) is 29.0 Å². The maximum atomic E-state index is 6.16. The number of aromatic nitrogens is 1. The molecule has 4 heteroatoms. The molecule has 2 N–H and O–H groups in total. The van der Waals surface area contributed by atoms with Crippen molar-refractivity contribution in [2.24, 2.45) is 5.73 Å². The van der Waals surface area contributed by atoms with Crippen LogP contribution in [0.3, 0.4) is 0 Å². The van der Waals surface area contributed by atoms with Crippen molar-refractivity contribution in [2.45, 2.75) is 38.8 Å². The average Bonchev–Trinajstić information content (AvgIpc) is 2.74. The molecule has 15 heavy (non-hydrogen) atoms. The Hall–Kier alpha value is -0.450. The number of thiazole rings is 1. The molecule has 0 saturated carbocycles. The number of nitrogens with zero attached hydrogens (tertiary/aromatic N) is 2. The van der Waals surface area contributed by atoms with E-state index in [1.807, 2.05) is 0 Å². The predicted octanol–water partition coefficient (Wildman–Crippen LogP) is 1.94. The number of nitrogens with two attached hydrogens (primary N) is 1. The van der Waals surface area contributed by atoms with Crippen LogP contribution in [0.5, 0.6) is 0 Å². The molecule has 1 aromatic heterocycles. The molecule has 2 unspecified atom stereocenters. The van der Waals surface area contributed by atoms with Crippen molar-refractivity contribution in [1.29, 1.82) is 0 Å². The molecule has 0 aliphatic carbocycles. The van der Waals surface area contributed by atoms with Crippen LogP contribution in [0.2, 0.25) is 0 Å². The third-order valence-electron chi connectivity index (χ3n) is 3.00. The molecule has 0 bridgehead atoms. The lowest BCUT2D eigenvalue weighted by Crippen LogP contribution is -2.32. The second kappa shape index (κ2) is 4.60. The Bertz CT molecular complexity index is 321. The van der Waals surface area contributed by atoms with E-state index in [-0.39, 0.29) is 6.04 Å². The molecule has 3 nitrogen and oxygen atoms in total. The lowest BCUT2D eigenvalue weighted by atomic mass is 10.1. The van der Waals surface area contributed by atoms with Crippen molar-refractivity contribution in [2.75, 3.05) is 13.1 Å². The van der Waals surface area contributed by atoms with Gasteiger partial charge in [0.1, 0.15) is 0 Å². The molecule has 2 heterocycles. The van der Waals surface area contributed by atoms with Crippen molar-refractivity contribution in [3.63, 3.8) is 0 Å². The van der Waals surface area contributed by atoms with E-state index >= 15 is 0 Å². The monoisotopic (exact) mass is 225 g/mol. The van der Waals surface area contributed by atoms with Crippen molar-refractivity contribution in [3.05, 3.63) is 16.1 Å². The van der Waals surface area contributed by atoms with Crippen molar-refractivity contribution >= 4 is 11.3 Å². The summed E-state index contributed by atoms with van der Waals surface area (Å²) < 4.78 is 0. The van der Waals surface area contributed by atoms with E-state index in [1.54, 1.807) is 11.3 Å². The smallest absolute Gasteiger partial charge is 0.0898 e. The zero-order valence-electron chi connectivity index (χ0n) is 9.44. The quantitative estimate of drug-likeness (QED) is 0.854. The zero-order valence-corrected chi connectivity index (χ0v) is 10.3. The summed E-state index contributed by atoms with van der Waals surface area (Å²) in [7, 11) is 0. The van der Waals surface area contributed by atoms with E-state index < -0.39 is 0 Å². The first-order valence-corrected chi connectivity index (χ1v) is 6.52. The number of hydrogen-bond donors (Lipinski definition) is 1. The number of hydrogen-bond acceptors (Lipinski definition) is 4. The number of aryl methyl sites for hydroxylation is 1. The molecule has 84 valence electrons. The molecule has 1 aliphatic rings. The highest BCUT2D eigenvalue weighted by atomic mass is 32.1.